The molecule has 0 unspecified atom stereocenters. The van der Waals surface area contributed by atoms with Gasteiger partial charge in [-0.25, -0.2) is 27.2 Å². The van der Waals surface area contributed by atoms with E-state index in [1.165, 1.54) is 12.1 Å². The normalized spacial score (nSPS) is 20.6. The summed E-state index contributed by atoms with van der Waals surface area (Å²) >= 11 is 0. The van der Waals surface area contributed by atoms with Crippen molar-refractivity contribution in [3.05, 3.63) is 60.0 Å². The van der Waals surface area contributed by atoms with E-state index in [1.807, 2.05) is 4.90 Å². The highest BCUT2D eigenvalue weighted by Crippen LogP contribution is 2.68. The summed E-state index contributed by atoms with van der Waals surface area (Å²) in [5.41, 5.74) is 0.163. The first kappa shape index (κ1) is 31.8. The first-order valence-electron chi connectivity index (χ1n) is 13.8. The molecular formula is C30H40FN5O4S2. The first-order chi connectivity index (χ1) is 19.0. The first-order valence-corrected chi connectivity index (χ1v) is 15.3. The Morgan fingerprint density at radius 2 is 1.79 bits per heavy atom. The maximum atomic E-state index is 13.7. The number of sulfonamides is 1. The van der Waals surface area contributed by atoms with Crippen molar-refractivity contribution in [2.45, 2.75) is 65.3 Å². The van der Waals surface area contributed by atoms with Crippen LogP contribution in [0.4, 0.5) is 10.2 Å². The number of carbonyl (C=O) groups is 1. The topological polar surface area (TPSA) is 106 Å². The summed E-state index contributed by atoms with van der Waals surface area (Å²) in [4.78, 5) is 19.9. The summed E-state index contributed by atoms with van der Waals surface area (Å²) in [5.74, 6) is 0.480. The van der Waals surface area contributed by atoms with Crippen LogP contribution >= 0.6 is 13.5 Å². The number of benzene rings is 1. The number of aromatic nitrogens is 3. The van der Waals surface area contributed by atoms with E-state index in [-0.39, 0.29) is 40.3 Å². The molecule has 2 fully saturated rings. The minimum atomic E-state index is -4.31. The minimum absolute atomic E-state index is 0. The number of nitrogens with zero attached hydrogens (tertiary/aromatic N) is 4. The summed E-state index contributed by atoms with van der Waals surface area (Å²) in [7, 11) is -4.31. The summed E-state index contributed by atoms with van der Waals surface area (Å²) in [6.07, 6.45) is 2.62. The van der Waals surface area contributed by atoms with Gasteiger partial charge in [0.15, 0.2) is 5.82 Å². The Kier molecular flexibility index (Phi) is 8.22. The molecule has 3 heterocycles. The van der Waals surface area contributed by atoms with Crippen molar-refractivity contribution in [3.8, 4) is 11.7 Å². The minimum Gasteiger partial charge on any atom is -0.476 e. The molecule has 0 radical (unpaired) electrons. The number of carbonyl (C=O) groups excluding carboxylic acids is 1. The van der Waals surface area contributed by atoms with E-state index in [9.17, 15) is 17.6 Å². The standard InChI is InChI=1S/C30H38FN5O4S.H2S/c1-19-16-28(2,3)35(17-19)26-22(27(37)34-41(38,39)21-10-8-9-20(31)15-21)11-12-24(32-26)36-14-13-25(33-36)40-18-23-29(4,5)30(23,6)7;/h8-15,19,23H,16-18H2,1-7H3,(H,34,37);1H2/t19-;/m0./s1. The lowest BCUT2D eigenvalue weighted by molar-refractivity contribution is 0.0981. The third-order valence-electron chi connectivity index (χ3n) is 9.28. The molecule has 1 saturated carbocycles. The van der Waals surface area contributed by atoms with Crippen LogP contribution in [0.2, 0.25) is 0 Å². The molecule has 1 atom stereocenters. The van der Waals surface area contributed by atoms with Gasteiger partial charge < -0.3 is 9.64 Å². The number of halogens is 1. The van der Waals surface area contributed by atoms with Crippen LogP contribution in [0.5, 0.6) is 5.88 Å². The predicted molar refractivity (Wildman–Crippen MR) is 165 cm³/mol. The predicted octanol–water partition coefficient (Wildman–Crippen LogP) is 5.32. The Balaban J connectivity index is 0.00000405. The van der Waals surface area contributed by atoms with Gasteiger partial charge in [0.1, 0.15) is 11.6 Å². The largest absolute Gasteiger partial charge is 0.476 e. The van der Waals surface area contributed by atoms with Crippen LogP contribution in [-0.4, -0.2) is 47.8 Å². The molecule has 228 valence electrons. The Labute approximate surface area is 254 Å². The fourth-order valence-electron chi connectivity index (χ4n) is 6.21. The van der Waals surface area contributed by atoms with E-state index in [0.717, 1.165) is 18.6 Å². The molecule has 1 aliphatic heterocycles. The molecule has 1 saturated heterocycles. The molecule has 9 nitrogen and oxygen atoms in total. The molecule has 1 aliphatic carbocycles. The molecule has 12 heteroatoms. The molecule has 1 N–H and O–H groups in total. The van der Waals surface area contributed by atoms with Gasteiger partial charge >= 0.3 is 0 Å². The monoisotopic (exact) mass is 617 g/mol. The van der Waals surface area contributed by atoms with Crippen molar-refractivity contribution in [2.24, 2.45) is 22.7 Å². The van der Waals surface area contributed by atoms with Crippen molar-refractivity contribution in [3.63, 3.8) is 0 Å². The molecule has 2 aromatic heterocycles. The number of rotatable bonds is 8. The summed E-state index contributed by atoms with van der Waals surface area (Å²) in [5, 5.41) is 4.56. The van der Waals surface area contributed by atoms with E-state index < -0.39 is 21.7 Å². The average molecular weight is 618 g/mol. The van der Waals surface area contributed by atoms with Crippen LogP contribution in [-0.2, 0) is 10.0 Å². The third kappa shape index (κ3) is 5.75. The second-order valence-electron chi connectivity index (χ2n) is 13.1. The SMILES string of the molecule is C[C@@H]1CN(c2nc(-n3ccc(OCC4C(C)(C)C4(C)C)n3)ccc2C(=O)NS(=O)(=O)c2cccc(F)c2)C(C)(C)C1.S. The molecular weight excluding hydrogens is 577 g/mol. The van der Waals surface area contributed by atoms with Crippen molar-refractivity contribution in [1.29, 1.82) is 0 Å². The molecule has 1 aromatic carbocycles. The van der Waals surface area contributed by atoms with E-state index >= 15 is 0 Å². The highest BCUT2D eigenvalue weighted by molar-refractivity contribution is 7.90. The second-order valence-corrected chi connectivity index (χ2v) is 14.8. The Morgan fingerprint density at radius 3 is 2.38 bits per heavy atom. The van der Waals surface area contributed by atoms with Crippen LogP contribution < -0.4 is 14.4 Å². The molecule has 2 aliphatic rings. The number of hydrogen-bond donors (Lipinski definition) is 1. The van der Waals surface area contributed by atoms with Crippen molar-refractivity contribution in [2.75, 3.05) is 18.1 Å². The maximum absolute atomic E-state index is 13.7. The van der Waals surface area contributed by atoms with Gasteiger partial charge in [0, 0.05) is 30.3 Å². The van der Waals surface area contributed by atoms with Gasteiger partial charge in [-0.1, -0.05) is 40.7 Å². The molecule has 3 aromatic rings. The molecule has 1 amide bonds. The Morgan fingerprint density at radius 1 is 1.10 bits per heavy atom. The summed E-state index contributed by atoms with van der Waals surface area (Å²) < 4.78 is 49.2. The van der Waals surface area contributed by atoms with Crippen molar-refractivity contribution < 1.29 is 22.3 Å². The lowest BCUT2D eigenvalue weighted by Gasteiger charge is -2.34. The Bertz CT molecular complexity index is 1590. The fourth-order valence-corrected chi connectivity index (χ4v) is 7.21. The van der Waals surface area contributed by atoms with Crippen molar-refractivity contribution in [1.82, 2.24) is 19.5 Å². The fraction of sp³-hybridized carbons (Fsp3) is 0.500. The third-order valence-corrected chi connectivity index (χ3v) is 10.6. The second kappa shape index (κ2) is 10.9. The van der Waals surface area contributed by atoms with E-state index in [2.05, 4.69) is 58.3 Å². The molecule has 42 heavy (non-hydrogen) atoms. The number of ether oxygens (including phenoxy) is 1. The van der Waals surface area contributed by atoms with Gasteiger partial charge in [0.2, 0.25) is 5.88 Å². The van der Waals surface area contributed by atoms with Crippen LogP contribution in [0.25, 0.3) is 5.82 Å². The van der Waals surface area contributed by atoms with Gasteiger partial charge in [0.05, 0.1) is 17.1 Å². The van der Waals surface area contributed by atoms with E-state index in [4.69, 9.17) is 9.72 Å². The van der Waals surface area contributed by atoms with Crippen LogP contribution in [0.1, 0.15) is 65.2 Å². The molecule has 0 bridgehead atoms. The van der Waals surface area contributed by atoms with Crippen LogP contribution in [0.15, 0.2) is 53.6 Å². The lowest BCUT2D eigenvalue weighted by Crippen LogP contribution is -2.41. The lowest BCUT2D eigenvalue weighted by atomic mass is 9.97. The van der Waals surface area contributed by atoms with E-state index in [0.29, 0.717) is 42.5 Å². The highest BCUT2D eigenvalue weighted by Gasteiger charge is 2.64. The van der Waals surface area contributed by atoms with Gasteiger partial charge in [-0.15, -0.1) is 5.10 Å². The molecule has 0 spiro atoms. The number of anilines is 1. The average Bonchev–Trinajstić information content (AvgIpc) is 3.26. The van der Waals surface area contributed by atoms with Crippen LogP contribution in [0.3, 0.4) is 0 Å². The number of nitrogens with one attached hydrogen (secondary N) is 1. The zero-order chi connectivity index (χ0) is 30.0. The zero-order valence-corrected chi connectivity index (χ0v) is 26.9. The maximum Gasteiger partial charge on any atom is 0.268 e. The van der Waals surface area contributed by atoms with Gasteiger partial charge in [-0.05, 0) is 67.3 Å². The number of hydrogen-bond acceptors (Lipinski definition) is 7. The van der Waals surface area contributed by atoms with E-state index in [1.54, 1.807) is 29.1 Å². The number of pyridine rings is 1. The smallest absolute Gasteiger partial charge is 0.268 e. The highest BCUT2D eigenvalue weighted by atomic mass is 32.2. The quantitative estimate of drug-likeness (QED) is 0.365. The van der Waals surface area contributed by atoms with Gasteiger partial charge in [-0.3, -0.25) is 4.79 Å². The van der Waals surface area contributed by atoms with Gasteiger partial charge in [-0.2, -0.15) is 13.5 Å². The van der Waals surface area contributed by atoms with Gasteiger partial charge in [0.25, 0.3) is 15.9 Å². The summed E-state index contributed by atoms with van der Waals surface area (Å²) in [6, 6.07) is 9.45. The number of amides is 1. The van der Waals surface area contributed by atoms with Crippen LogP contribution in [0, 0.1) is 28.5 Å². The summed E-state index contributed by atoms with van der Waals surface area (Å²) in [6.45, 7) is 16.4. The zero-order valence-electron chi connectivity index (χ0n) is 25.1. The Hall–Kier alpha value is -3.12. The molecule has 5 rings (SSSR count). The van der Waals surface area contributed by atoms with Crippen molar-refractivity contribution >= 4 is 35.2 Å².